The zero-order valence-corrected chi connectivity index (χ0v) is 13.2. The van der Waals surface area contributed by atoms with E-state index >= 15 is 0 Å². The first-order chi connectivity index (χ1) is 9.76. The van der Waals surface area contributed by atoms with E-state index in [0.717, 1.165) is 16.7 Å². The summed E-state index contributed by atoms with van der Waals surface area (Å²) in [6.07, 6.45) is 0.103. The highest BCUT2D eigenvalue weighted by atomic mass is 16.5. The number of carbonyl (C=O) groups excluding carboxylic acids is 1. The number of methoxy groups -OCH3 is 1. The molecule has 0 spiro atoms. The van der Waals surface area contributed by atoms with Crippen molar-refractivity contribution in [1.29, 1.82) is 0 Å². The van der Waals surface area contributed by atoms with Crippen LogP contribution in [0, 0.1) is 19.8 Å². The number of aliphatic carboxylic acids is 1. The lowest BCUT2D eigenvalue weighted by Gasteiger charge is -2.19. The molecule has 1 aromatic carbocycles. The molecule has 0 aliphatic carbocycles. The first-order valence-electron chi connectivity index (χ1n) is 6.92. The van der Waals surface area contributed by atoms with Crippen LogP contribution in [0.4, 0.5) is 0 Å². The Morgan fingerprint density at radius 1 is 1.29 bits per heavy atom. The van der Waals surface area contributed by atoms with Gasteiger partial charge in [-0.2, -0.15) is 0 Å². The quantitative estimate of drug-likeness (QED) is 0.842. The number of benzene rings is 1. The van der Waals surface area contributed by atoms with Gasteiger partial charge < -0.3 is 15.2 Å². The molecule has 1 rings (SSSR count). The monoisotopic (exact) mass is 293 g/mol. The Morgan fingerprint density at radius 3 is 2.38 bits per heavy atom. The number of hydrogen-bond acceptors (Lipinski definition) is 3. The number of amides is 1. The normalized spacial score (nSPS) is 12.1. The second-order valence-electron chi connectivity index (χ2n) is 5.57. The van der Waals surface area contributed by atoms with Crippen LogP contribution in [0.5, 0.6) is 5.75 Å². The van der Waals surface area contributed by atoms with E-state index in [2.05, 4.69) is 5.32 Å². The maximum absolute atomic E-state index is 12.1. The molecule has 0 heterocycles. The summed E-state index contributed by atoms with van der Waals surface area (Å²) < 4.78 is 5.31. The third-order valence-corrected chi connectivity index (χ3v) is 3.38. The molecule has 5 heteroatoms. The summed E-state index contributed by atoms with van der Waals surface area (Å²) in [4.78, 5) is 23.2. The summed E-state index contributed by atoms with van der Waals surface area (Å²) >= 11 is 0. The minimum atomic E-state index is -1.02. The van der Waals surface area contributed by atoms with Gasteiger partial charge in [-0.25, -0.2) is 4.79 Å². The maximum atomic E-state index is 12.1. The van der Waals surface area contributed by atoms with Crippen molar-refractivity contribution in [2.24, 2.45) is 5.92 Å². The lowest BCUT2D eigenvalue weighted by atomic mass is 10.00. The molecule has 0 saturated carbocycles. The van der Waals surface area contributed by atoms with Crippen molar-refractivity contribution in [2.45, 2.75) is 40.2 Å². The SMILES string of the molecule is COc1cc(C)cc(C)c1CC(=O)NC(C(=O)O)C(C)C. The third-order valence-electron chi connectivity index (χ3n) is 3.38. The van der Waals surface area contributed by atoms with Crippen LogP contribution >= 0.6 is 0 Å². The second-order valence-corrected chi connectivity index (χ2v) is 5.57. The summed E-state index contributed by atoms with van der Waals surface area (Å²) in [7, 11) is 1.56. The molecule has 1 aromatic rings. The van der Waals surface area contributed by atoms with Crippen molar-refractivity contribution in [1.82, 2.24) is 5.32 Å². The van der Waals surface area contributed by atoms with Crippen molar-refractivity contribution in [2.75, 3.05) is 7.11 Å². The van der Waals surface area contributed by atoms with Gasteiger partial charge in [-0.05, 0) is 37.0 Å². The molecule has 0 aromatic heterocycles. The van der Waals surface area contributed by atoms with Gasteiger partial charge >= 0.3 is 5.97 Å². The first-order valence-corrected chi connectivity index (χ1v) is 6.92. The number of carboxylic acid groups (broad SMARTS) is 1. The Balaban J connectivity index is 2.91. The predicted molar refractivity (Wildman–Crippen MR) is 80.6 cm³/mol. The summed E-state index contributed by atoms with van der Waals surface area (Å²) in [5.41, 5.74) is 2.80. The average molecular weight is 293 g/mol. The van der Waals surface area contributed by atoms with Gasteiger partial charge in [0.05, 0.1) is 13.5 Å². The minimum Gasteiger partial charge on any atom is -0.496 e. The zero-order valence-electron chi connectivity index (χ0n) is 13.2. The maximum Gasteiger partial charge on any atom is 0.326 e. The van der Waals surface area contributed by atoms with E-state index in [1.54, 1.807) is 21.0 Å². The van der Waals surface area contributed by atoms with Crippen LogP contribution in [0.15, 0.2) is 12.1 Å². The molecule has 1 amide bonds. The number of carboxylic acids is 1. The number of rotatable bonds is 6. The van der Waals surface area contributed by atoms with E-state index in [1.807, 2.05) is 26.0 Å². The molecular formula is C16H23NO4. The molecule has 0 aliphatic rings. The summed E-state index contributed by atoms with van der Waals surface area (Å²) in [5, 5.41) is 11.7. The topological polar surface area (TPSA) is 75.6 Å². The molecule has 0 radical (unpaired) electrons. The number of hydrogen-bond donors (Lipinski definition) is 2. The van der Waals surface area contributed by atoms with Crippen molar-refractivity contribution >= 4 is 11.9 Å². The van der Waals surface area contributed by atoms with Gasteiger partial charge in [-0.1, -0.05) is 19.9 Å². The number of carbonyl (C=O) groups is 2. The van der Waals surface area contributed by atoms with Gasteiger partial charge in [0.2, 0.25) is 5.91 Å². The van der Waals surface area contributed by atoms with E-state index in [9.17, 15) is 9.59 Å². The predicted octanol–water partition coefficient (Wildman–Crippen LogP) is 2.08. The lowest BCUT2D eigenvalue weighted by Crippen LogP contribution is -2.45. The molecule has 0 saturated heterocycles. The minimum absolute atomic E-state index is 0.103. The molecule has 1 atom stereocenters. The fraction of sp³-hybridized carbons (Fsp3) is 0.500. The van der Waals surface area contributed by atoms with Gasteiger partial charge in [-0.3, -0.25) is 4.79 Å². The molecule has 0 fully saturated rings. The van der Waals surface area contributed by atoms with Gasteiger partial charge in [0.15, 0.2) is 0 Å². The second kappa shape index (κ2) is 7.11. The zero-order chi connectivity index (χ0) is 16.2. The Labute approximate surface area is 125 Å². The number of ether oxygens (including phenoxy) is 1. The molecule has 116 valence electrons. The van der Waals surface area contributed by atoms with E-state index in [-0.39, 0.29) is 18.2 Å². The standard InChI is InChI=1S/C16H23NO4/c1-9(2)15(16(19)20)17-14(18)8-12-11(4)6-10(3)7-13(12)21-5/h6-7,9,15H,8H2,1-5H3,(H,17,18)(H,19,20). The largest absolute Gasteiger partial charge is 0.496 e. The molecule has 0 aliphatic heterocycles. The van der Waals surface area contributed by atoms with Crippen LogP contribution in [0.2, 0.25) is 0 Å². The average Bonchev–Trinajstić information content (AvgIpc) is 2.38. The van der Waals surface area contributed by atoms with E-state index in [1.165, 1.54) is 0 Å². The van der Waals surface area contributed by atoms with Gasteiger partial charge in [0, 0.05) is 5.56 Å². The van der Waals surface area contributed by atoms with Gasteiger partial charge in [-0.15, -0.1) is 0 Å². The van der Waals surface area contributed by atoms with Gasteiger partial charge in [0.25, 0.3) is 0 Å². The first kappa shape index (κ1) is 17.0. The molecular weight excluding hydrogens is 270 g/mol. The summed E-state index contributed by atoms with van der Waals surface area (Å²) in [6, 6.07) is 2.96. The highest BCUT2D eigenvalue weighted by Gasteiger charge is 2.24. The highest BCUT2D eigenvalue weighted by Crippen LogP contribution is 2.24. The smallest absolute Gasteiger partial charge is 0.326 e. The lowest BCUT2D eigenvalue weighted by molar-refractivity contribution is -0.143. The molecule has 2 N–H and O–H groups in total. The number of aryl methyl sites for hydroxylation is 2. The van der Waals surface area contributed by atoms with E-state index in [4.69, 9.17) is 9.84 Å². The Hall–Kier alpha value is -2.04. The van der Waals surface area contributed by atoms with Crippen LogP contribution in [0.3, 0.4) is 0 Å². The van der Waals surface area contributed by atoms with Crippen molar-refractivity contribution in [3.05, 3.63) is 28.8 Å². The fourth-order valence-electron chi connectivity index (χ4n) is 2.27. The fourth-order valence-corrected chi connectivity index (χ4v) is 2.27. The van der Waals surface area contributed by atoms with Crippen LogP contribution in [-0.4, -0.2) is 30.1 Å². The summed E-state index contributed by atoms with van der Waals surface area (Å²) in [6.45, 7) is 7.39. The van der Waals surface area contributed by atoms with Crippen molar-refractivity contribution < 1.29 is 19.4 Å². The van der Waals surface area contributed by atoms with Crippen LogP contribution < -0.4 is 10.1 Å². The molecule has 0 bridgehead atoms. The van der Waals surface area contributed by atoms with Crippen molar-refractivity contribution in [3.63, 3.8) is 0 Å². The third kappa shape index (κ3) is 4.48. The van der Waals surface area contributed by atoms with Crippen LogP contribution in [0.25, 0.3) is 0 Å². The van der Waals surface area contributed by atoms with Gasteiger partial charge in [0.1, 0.15) is 11.8 Å². The molecule has 5 nitrogen and oxygen atoms in total. The molecule has 1 unspecified atom stereocenters. The van der Waals surface area contributed by atoms with E-state index in [0.29, 0.717) is 5.75 Å². The Kier molecular flexibility index (Phi) is 5.76. The van der Waals surface area contributed by atoms with Crippen LogP contribution in [-0.2, 0) is 16.0 Å². The van der Waals surface area contributed by atoms with E-state index < -0.39 is 12.0 Å². The highest BCUT2D eigenvalue weighted by molar-refractivity contribution is 5.85. The Morgan fingerprint density at radius 2 is 1.90 bits per heavy atom. The van der Waals surface area contributed by atoms with Crippen LogP contribution in [0.1, 0.15) is 30.5 Å². The Bertz CT molecular complexity index is 537. The van der Waals surface area contributed by atoms with Crippen molar-refractivity contribution in [3.8, 4) is 5.75 Å². The molecule has 21 heavy (non-hydrogen) atoms. The number of nitrogens with one attached hydrogen (secondary N) is 1. The summed E-state index contributed by atoms with van der Waals surface area (Å²) in [5.74, 6) is -0.862.